The van der Waals surface area contributed by atoms with Gasteiger partial charge >= 0.3 is 0 Å². The van der Waals surface area contributed by atoms with Crippen molar-refractivity contribution in [1.29, 1.82) is 0 Å². The zero-order valence-corrected chi connectivity index (χ0v) is 14.0. The van der Waals surface area contributed by atoms with Gasteiger partial charge in [0.2, 0.25) is 5.79 Å². The summed E-state index contributed by atoms with van der Waals surface area (Å²) >= 11 is 0. The van der Waals surface area contributed by atoms with Crippen molar-refractivity contribution in [3.8, 4) is 0 Å². The highest BCUT2D eigenvalue weighted by atomic mass is 16.7. The minimum absolute atomic E-state index is 0.140. The maximum Gasteiger partial charge on any atom is 0.252 e. The molecule has 2 rings (SSSR count). The first-order valence-corrected chi connectivity index (χ1v) is 7.75. The molecule has 5 nitrogen and oxygen atoms in total. The molecule has 1 fully saturated rings. The summed E-state index contributed by atoms with van der Waals surface area (Å²) in [6, 6.07) is 9.58. The average Bonchev–Trinajstić information content (AvgIpc) is 2.53. The molecule has 1 aromatic rings. The van der Waals surface area contributed by atoms with Gasteiger partial charge in [0.25, 0.3) is 5.91 Å². The van der Waals surface area contributed by atoms with Crippen molar-refractivity contribution in [2.24, 2.45) is 11.7 Å². The fraction of sp³-hybridized carbons (Fsp3) is 0.500. The summed E-state index contributed by atoms with van der Waals surface area (Å²) in [6.45, 7) is 8.30. The van der Waals surface area contributed by atoms with Gasteiger partial charge < -0.3 is 19.9 Å². The molecule has 0 spiro atoms. The fourth-order valence-corrected chi connectivity index (χ4v) is 2.83. The van der Waals surface area contributed by atoms with Crippen molar-refractivity contribution in [3.63, 3.8) is 0 Å². The highest BCUT2D eigenvalue weighted by molar-refractivity contribution is 5.80. The zero-order chi connectivity index (χ0) is 17.0. The summed E-state index contributed by atoms with van der Waals surface area (Å²) < 4.78 is 17.4. The Kier molecular flexibility index (Phi) is 5.57. The van der Waals surface area contributed by atoms with Crippen LogP contribution in [0.3, 0.4) is 0 Å². The van der Waals surface area contributed by atoms with Gasteiger partial charge in [0, 0.05) is 19.4 Å². The Balaban J connectivity index is 2.20. The molecule has 1 saturated heterocycles. The van der Waals surface area contributed by atoms with Gasteiger partial charge in [-0.25, -0.2) is 0 Å². The van der Waals surface area contributed by atoms with E-state index in [1.54, 1.807) is 0 Å². The maximum absolute atomic E-state index is 12.0. The van der Waals surface area contributed by atoms with E-state index in [2.05, 4.69) is 6.58 Å². The van der Waals surface area contributed by atoms with Crippen LogP contribution in [0.2, 0.25) is 0 Å². The number of hydrogen-bond acceptors (Lipinski definition) is 4. The standard InChI is InChI=1S/C18H25NO4/c1-12-10-18(21-4,23-14(3)13(12)2)16(17(19)20)22-11-15-8-6-5-7-9-15/h5-9,13-14,16H,1,10-11H2,2-4H3,(H2,19,20)/t13-,14-,16+,18-/m1/s1. The van der Waals surface area contributed by atoms with E-state index >= 15 is 0 Å². The summed E-state index contributed by atoms with van der Waals surface area (Å²) in [6.07, 6.45) is -0.782. The lowest BCUT2D eigenvalue weighted by atomic mass is 9.85. The molecule has 23 heavy (non-hydrogen) atoms. The number of nitrogens with two attached hydrogens (primary N) is 1. The van der Waals surface area contributed by atoms with Gasteiger partial charge in [0.1, 0.15) is 0 Å². The Morgan fingerprint density at radius 1 is 1.43 bits per heavy atom. The largest absolute Gasteiger partial charge is 0.367 e. The molecule has 1 aliphatic rings. The summed E-state index contributed by atoms with van der Waals surface area (Å²) in [4.78, 5) is 12.0. The van der Waals surface area contributed by atoms with Gasteiger partial charge in [0.15, 0.2) is 6.10 Å². The van der Waals surface area contributed by atoms with Gasteiger partial charge in [-0.1, -0.05) is 49.4 Å². The van der Waals surface area contributed by atoms with E-state index in [4.69, 9.17) is 19.9 Å². The van der Waals surface area contributed by atoms with E-state index in [0.717, 1.165) is 11.1 Å². The molecular weight excluding hydrogens is 294 g/mol. The molecule has 0 bridgehead atoms. The molecular formula is C18H25NO4. The Bertz CT molecular complexity index is 559. The van der Waals surface area contributed by atoms with Crippen molar-refractivity contribution >= 4 is 5.91 Å². The first-order valence-electron chi connectivity index (χ1n) is 7.75. The smallest absolute Gasteiger partial charge is 0.252 e. The van der Waals surface area contributed by atoms with Crippen LogP contribution in [0.15, 0.2) is 42.5 Å². The van der Waals surface area contributed by atoms with E-state index in [1.165, 1.54) is 7.11 Å². The van der Waals surface area contributed by atoms with Crippen LogP contribution < -0.4 is 5.73 Å². The normalized spacial score (nSPS) is 29.3. The second kappa shape index (κ2) is 7.25. The number of amides is 1. The van der Waals surface area contributed by atoms with Crippen LogP contribution in [0.5, 0.6) is 0 Å². The highest BCUT2D eigenvalue weighted by Crippen LogP contribution is 2.39. The molecule has 1 aromatic carbocycles. The van der Waals surface area contributed by atoms with Crippen LogP contribution in [0.4, 0.5) is 0 Å². The highest BCUT2D eigenvalue weighted by Gasteiger charge is 2.50. The van der Waals surface area contributed by atoms with Crippen LogP contribution in [-0.2, 0) is 25.6 Å². The number of methoxy groups -OCH3 is 1. The Morgan fingerprint density at radius 2 is 2.09 bits per heavy atom. The number of rotatable bonds is 6. The Labute approximate surface area is 137 Å². The van der Waals surface area contributed by atoms with E-state index in [1.807, 2.05) is 44.2 Å². The number of carbonyl (C=O) groups excluding carboxylic acids is 1. The molecule has 4 atom stereocenters. The van der Waals surface area contributed by atoms with Gasteiger partial charge in [-0.05, 0) is 12.5 Å². The Hall–Kier alpha value is -1.69. The van der Waals surface area contributed by atoms with Crippen molar-refractivity contribution in [2.75, 3.05) is 7.11 Å². The van der Waals surface area contributed by atoms with Crippen LogP contribution >= 0.6 is 0 Å². The molecule has 1 amide bonds. The lowest BCUT2D eigenvalue weighted by Crippen LogP contribution is -2.58. The molecule has 126 valence electrons. The molecule has 0 radical (unpaired) electrons. The molecule has 0 unspecified atom stereocenters. The van der Waals surface area contributed by atoms with Crippen LogP contribution in [0, 0.1) is 5.92 Å². The maximum atomic E-state index is 12.0. The number of benzene rings is 1. The van der Waals surface area contributed by atoms with Crippen molar-refractivity contribution < 1.29 is 19.0 Å². The van der Waals surface area contributed by atoms with Crippen LogP contribution in [-0.4, -0.2) is 31.0 Å². The lowest BCUT2D eigenvalue weighted by Gasteiger charge is -2.45. The first kappa shape index (κ1) is 17.7. The minimum atomic E-state index is -1.23. The van der Waals surface area contributed by atoms with Gasteiger partial charge in [0.05, 0.1) is 12.7 Å². The molecule has 0 saturated carbocycles. The quantitative estimate of drug-likeness (QED) is 0.817. The summed E-state index contributed by atoms with van der Waals surface area (Å²) in [5, 5.41) is 0. The second-order valence-corrected chi connectivity index (χ2v) is 6.04. The van der Waals surface area contributed by atoms with Gasteiger partial charge in [-0.2, -0.15) is 0 Å². The summed E-state index contributed by atoms with van der Waals surface area (Å²) in [7, 11) is 1.50. The van der Waals surface area contributed by atoms with Crippen molar-refractivity contribution in [2.45, 2.75) is 44.9 Å². The zero-order valence-electron chi connectivity index (χ0n) is 14.0. The van der Waals surface area contributed by atoms with Crippen LogP contribution in [0.1, 0.15) is 25.8 Å². The third-order valence-electron chi connectivity index (χ3n) is 4.47. The van der Waals surface area contributed by atoms with E-state index < -0.39 is 17.8 Å². The number of ether oxygens (including phenoxy) is 3. The SMILES string of the molecule is C=C1C[C@](OC)([C@@H](OCc2ccccc2)C(N)=O)O[C@H](C)[C@@H]1C. The van der Waals surface area contributed by atoms with Crippen molar-refractivity contribution in [1.82, 2.24) is 0 Å². The number of carbonyl (C=O) groups is 1. The summed E-state index contributed by atoms with van der Waals surface area (Å²) in [5.41, 5.74) is 7.47. The van der Waals surface area contributed by atoms with Crippen LogP contribution in [0.25, 0.3) is 0 Å². The molecule has 0 aromatic heterocycles. The third kappa shape index (κ3) is 3.80. The predicted octanol–water partition coefficient (Wildman–Crippen LogP) is 2.40. The molecule has 1 aliphatic heterocycles. The minimum Gasteiger partial charge on any atom is -0.367 e. The lowest BCUT2D eigenvalue weighted by molar-refractivity contribution is -0.305. The second-order valence-electron chi connectivity index (χ2n) is 6.04. The molecule has 2 N–H and O–H groups in total. The molecule has 5 heteroatoms. The van der Waals surface area contributed by atoms with E-state index in [9.17, 15) is 4.79 Å². The average molecular weight is 319 g/mol. The number of hydrogen-bond donors (Lipinski definition) is 1. The van der Waals surface area contributed by atoms with E-state index in [-0.39, 0.29) is 18.6 Å². The van der Waals surface area contributed by atoms with Crippen molar-refractivity contribution in [3.05, 3.63) is 48.0 Å². The molecule has 0 aliphatic carbocycles. The molecule has 1 heterocycles. The van der Waals surface area contributed by atoms with Gasteiger partial charge in [-0.3, -0.25) is 4.79 Å². The number of primary amides is 1. The first-order chi connectivity index (χ1) is 10.9. The third-order valence-corrected chi connectivity index (χ3v) is 4.47. The topological polar surface area (TPSA) is 70.8 Å². The fourth-order valence-electron chi connectivity index (χ4n) is 2.83. The predicted molar refractivity (Wildman–Crippen MR) is 87.4 cm³/mol. The Morgan fingerprint density at radius 3 is 2.61 bits per heavy atom. The monoisotopic (exact) mass is 319 g/mol. The summed E-state index contributed by atoms with van der Waals surface area (Å²) in [5.74, 6) is -1.66. The van der Waals surface area contributed by atoms with E-state index in [0.29, 0.717) is 6.42 Å². The van der Waals surface area contributed by atoms with Gasteiger partial charge in [-0.15, -0.1) is 0 Å².